The number of allylic oxidation sites excluding steroid dienone is 1. The molecule has 27 heavy (non-hydrogen) atoms. The summed E-state index contributed by atoms with van der Waals surface area (Å²) in [5, 5.41) is 12.1. The molecule has 2 heterocycles. The maximum Gasteiger partial charge on any atom is 0.234 e. The van der Waals surface area contributed by atoms with E-state index in [2.05, 4.69) is 28.2 Å². The van der Waals surface area contributed by atoms with Crippen LogP contribution in [0.15, 0.2) is 85.2 Å². The van der Waals surface area contributed by atoms with Gasteiger partial charge in [0.15, 0.2) is 0 Å². The van der Waals surface area contributed by atoms with Crippen molar-refractivity contribution in [1.82, 2.24) is 14.5 Å². The molecule has 1 unspecified atom stereocenters. The zero-order chi connectivity index (χ0) is 18.6. The predicted octanol–water partition coefficient (Wildman–Crippen LogP) is 4.91. The number of para-hydroxylation sites is 1. The largest absolute Gasteiger partial charge is 0.384 e. The van der Waals surface area contributed by atoms with Crippen molar-refractivity contribution in [2.24, 2.45) is 0 Å². The Hall–Kier alpha value is -2.95. The lowest BCUT2D eigenvalue weighted by atomic mass is 10.1. The molecule has 0 aliphatic heterocycles. The minimum Gasteiger partial charge on any atom is -0.384 e. The molecule has 0 amide bonds. The standard InChI is InChI=1S/C22H18ClN3O/c23-18-11-9-16(10-12-18)21(27)8-3-6-19-15-17-5-1-2-7-20(17)26(19)22-24-13-4-14-25-22/h1-5,7-15,21,27H,6H2/b8-3+. The molecule has 0 radical (unpaired) electrons. The van der Waals surface area contributed by atoms with Crippen molar-refractivity contribution in [2.75, 3.05) is 0 Å². The SMILES string of the molecule is OC(/C=C/Cc1cc2ccccc2n1-c1ncccn1)c1ccc(Cl)cc1. The van der Waals surface area contributed by atoms with Crippen molar-refractivity contribution in [3.63, 3.8) is 0 Å². The molecule has 0 spiro atoms. The number of fused-ring (bicyclic) bond motifs is 1. The number of rotatable bonds is 5. The molecule has 5 heteroatoms. The summed E-state index contributed by atoms with van der Waals surface area (Å²) in [6.45, 7) is 0. The molecular weight excluding hydrogens is 358 g/mol. The van der Waals surface area contributed by atoms with Crippen LogP contribution in [0.1, 0.15) is 17.4 Å². The van der Waals surface area contributed by atoms with Gasteiger partial charge in [-0.2, -0.15) is 0 Å². The molecule has 4 rings (SSSR count). The van der Waals surface area contributed by atoms with Crippen molar-refractivity contribution >= 4 is 22.5 Å². The Morgan fingerprint density at radius 3 is 2.52 bits per heavy atom. The van der Waals surface area contributed by atoms with E-state index in [0.717, 1.165) is 22.2 Å². The highest BCUT2D eigenvalue weighted by atomic mass is 35.5. The Balaban J connectivity index is 1.63. The number of aliphatic hydroxyl groups excluding tert-OH is 1. The van der Waals surface area contributed by atoms with Crippen molar-refractivity contribution in [2.45, 2.75) is 12.5 Å². The van der Waals surface area contributed by atoms with Gasteiger partial charge in [0, 0.05) is 34.9 Å². The molecule has 0 aliphatic rings. The fourth-order valence-corrected chi connectivity index (χ4v) is 3.22. The monoisotopic (exact) mass is 375 g/mol. The van der Waals surface area contributed by atoms with Gasteiger partial charge in [-0.05, 0) is 35.9 Å². The second kappa shape index (κ2) is 7.74. The Kier molecular flexibility index (Phi) is 5.01. The number of halogens is 1. The highest BCUT2D eigenvalue weighted by Crippen LogP contribution is 2.24. The van der Waals surface area contributed by atoms with Gasteiger partial charge in [0.1, 0.15) is 0 Å². The fourth-order valence-electron chi connectivity index (χ4n) is 3.09. The van der Waals surface area contributed by atoms with Gasteiger partial charge in [-0.15, -0.1) is 0 Å². The lowest BCUT2D eigenvalue weighted by Gasteiger charge is -2.08. The predicted molar refractivity (Wildman–Crippen MR) is 108 cm³/mol. The van der Waals surface area contributed by atoms with Gasteiger partial charge < -0.3 is 5.11 Å². The molecule has 2 aromatic carbocycles. The van der Waals surface area contributed by atoms with E-state index >= 15 is 0 Å². The Bertz CT molecular complexity index is 1070. The van der Waals surface area contributed by atoms with Gasteiger partial charge in [-0.3, -0.25) is 4.57 Å². The van der Waals surface area contributed by atoms with Crippen molar-refractivity contribution in [3.05, 3.63) is 101 Å². The summed E-state index contributed by atoms with van der Waals surface area (Å²) in [7, 11) is 0. The number of aliphatic hydroxyl groups is 1. The van der Waals surface area contributed by atoms with Crippen LogP contribution in [0.4, 0.5) is 0 Å². The Labute approximate surface area is 162 Å². The molecule has 0 saturated heterocycles. The average molecular weight is 376 g/mol. The van der Waals surface area contributed by atoms with Crippen LogP contribution in [0, 0.1) is 0 Å². The van der Waals surface area contributed by atoms with E-state index in [4.69, 9.17) is 11.6 Å². The zero-order valence-corrected chi connectivity index (χ0v) is 15.3. The van der Waals surface area contributed by atoms with E-state index in [1.165, 1.54) is 0 Å². The zero-order valence-electron chi connectivity index (χ0n) is 14.5. The van der Waals surface area contributed by atoms with E-state index in [0.29, 0.717) is 17.4 Å². The van der Waals surface area contributed by atoms with E-state index in [-0.39, 0.29) is 0 Å². The van der Waals surface area contributed by atoms with Crippen molar-refractivity contribution in [1.29, 1.82) is 0 Å². The van der Waals surface area contributed by atoms with Gasteiger partial charge in [-0.1, -0.05) is 54.1 Å². The van der Waals surface area contributed by atoms with E-state index in [1.807, 2.05) is 34.9 Å². The van der Waals surface area contributed by atoms with Gasteiger partial charge in [0.05, 0.1) is 11.6 Å². The maximum absolute atomic E-state index is 10.4. The molecule has 0 fully saturated rings. The molecule has 4 aromatic rings. The van der Waals surface area contributed by atoms with E-state index in [9.17, 15) is 5.11 Å². The molecule has 0 saturated carbocycles. The summed E-state index contributed by atoms with van der Waals surface area (Å²) in [4.78, 5) is 8.79. The summed E-state index contributed by atoms with van der Waals surface area (Å²) >= 11 is 5.90. The number of aromatic nitrogens is 3. The molecule has 1 atom stereocenters. The lowest BCUT2D eigenvalue weighted by Crippen LogP contribution is -2.04. The molecule has 0 bridgehead atoms. The summed E-state index contributed by atoms with van der Waals surface area (Å²) in [5.41, 5.74) is 2.93. The first kappa shape index (κ1) is 17.5. The summed E-state index contributed by atoms with van der Waals surface area (Å²) in [6.07, 6.45) is 7.21. The van der Waals surface area contributed by atoms with Gasteiger partial charge in [0.25, 0.3) is 0 Å². The second-order valence-corrected chi connectivity index (χ2v) is 6.64. The highest BCUT2D eigenvalue weighted by molar-refractivity contribution is 6.30. The summed E-state index contributed by atoms with van der Waals surface area (Å²) < 4.78 is 2.05. The van der Waals surface area contributed by atoms with Crippen LogP contribution in [0.2, 0.25) is 5.02 Å². The second-order valence-electron chi connectivity index (χ2n) is 6.21. The normalized spacial score (nSPS) is 12.7. The number of hydrogen-bond acceptors (Lipinski definition) is 3. The van der Waals surface area contributed by atoms with Crippen LogP contribution in [-0.4, -0.2) is 19.6 Å². The smallest absolute Gasteiger partial charge is 0.234 e. The number of benzene rings is 2. The Morgan fingerprint density at radius 1 is 1.00 bits per heavy atom. The third-order valence-corrected chi connectivity index (χ3v) is 4.65. The molecule has 1 N–H and O–H groups in total. The average Bonchev–Trinajstić information content (AvgIpc) is 3.07. The van der Waals surface area contributed by atoms with E-state index < -0.39 is 6.10 Å². The maximum atomic E-state index is 10.4. The summed E-state index contributed by atoms with van der Waals surface area (Å²) in [5.74, 6) is 0.639. The first-order valence-corrected chi connectivity index (χ1v) is 9.07. The number of nitrogens with zero attached hydrogens (tertiary/aromatic N) is 3. The molecular formula is C22H18ClN3O. The molecule has 4 nitrogen and oxygen atoms in total. The van der Waals surface area contributed by atoms with Crippen molar-refractivity contribution < 1.29 is 5.11 Å². The molecule has 0 aliphatic carbocycles. The third kappa shape index (κ3) is 3.77. The van der Waals surface area contributed by atoms with Crippen LogP contribution >= 0.6 is 11.6 Å². The quantitative estimate of drug-likeness (QED) is 0.504. The molecule has 134 valence electrons. The molecule has 2 aromatic heterocycles. The van der Waals surface area contributed by atoms with Gasteiger partial charge in [0.2, 0.25) is 5.95 Å². The van der Waals surface area contributed by atoms with Crippen molar-refractivity contribution in [3.8, 4) is 5.95 Å². The van der Waals surface area contributed by atoms with Crippen LogP contribution in [0.25, 0.3) is 16.9 Å². The Morgan fingerprint density at radius 2 is 1.74 bits per heavy atom. The fraction of sp³-hybridized carbons (Fsp3) is 0.0909. The van der Waals surface area contributed by atoms with Crippen LogP contribution in [-0.2, 0) is 6.42 Å². The lowest BCUT2D eigenvalue weighted by molar-refractivity contribution is 0.228. The van der Waals surface area contributed by atoms with Gasteiger partial charge >= 0.3 is 0 Å². The third-order valence-electron chi connectivity index (χ3n) is 4.40. The number of hydrogen-bond donors (Lipinski definition) is 1. The first-order valence-electron chi connectivity index (χ1n) is 8.69. The van der Waals surface area contributed by atoms with Crippen LogP contribution < -0.4 is 0 Å². The van der Waals surface area contributed by atoms with E-state index in [1.54, 1.807) is 36.7 Å². The first-order chi connectivity index (χ1) is 13.2. The summed E-state index contributed by atoms with van der Waals surface area (Å²) in [6, 6.07) is 19.3. The minimum absolute atomic E-state index is 0.639. The van der Waals surface area contributed by atoms with Gasteiger partial charge in [-0.25, -0.2) is 9.97 Å². The minimum atomic E-state index is -0.673. The van der Waals surface area contributed by atoms with Crippen LogP contribution in [0.5, 0.6) is 0 Å². The topological polar surface area (TPSA) is 50.9 Å². The van der Waals surface area contributed by atoms with Crippen LogP contribution in [0.3, 0.4) is 0 Å². The highest BCUT2D eigenvalue weighted by Gasteiger charge is 2.11.